The summed E-state index contributed by atoms with van der Waals surface area (Å²) in [6.07, 6.45) is 5.73. The third kappa shape index (κ3) is 3.96. The molecule has 0 aliphatic heterocycles. The van der Waals surface area contributed by atoms with Crippen molar-refractivity contribution in [3.05, 3.63) is 57.4 Å². The third-order valence-electron chi connectivity index (χ3n) is 4.55. The van der Waals surface area contributed by atoms with E-state index >= 15 is 0 Å². The Hall–Kier alpha value is -2.84. The van der Waals surface area contributed by atoms with E-state index in [9.17, 15) is 4.79 Å². The maximum atomic E-state index is 12.6. The Bertz CT molecular complexity index is 1130. The SMILES string of the molecule is C#CCn1c(=NC(=O)Cc2cc(C)ccc2OC)sc2cc(C)c(C)cc21. The molecule has 0 saturated carbocycles. The first kappa shape index (κ1) is 18.9. The summed E-state index contributed by atoms with van der Waals surface area (Å²) < 4.78 is 8.37. The molecule has 27 heavy (non-hydrogen) atoms. The van der Waals surface area contributed by atoms with Crippen LogP contribution in [0.2, 0.25) is 0 Å². The van der Waals surface area contributed by atoms with Crippen LogP contribution in [0.15, 0.2) is 35.3 Å². The first-order valence-electron chi connectivity index (χ1n) is 8.68. The summed E-state index contributed by atoms with van der Waals surface area (Å²) in [5.74, 6) is 3.14. The Kier molecular flexibility index (Phi) is 5.48. The highest BCUT2D eigenvalue weighted by Gasteiger charge is 2.11. The molecule has 0 spiro atoms. The van der Waals surface area contributed by atoms with Crippen molar-refractivity contribution in [2.45, 2.75) is 33.7 Å². The van der Waals surface area contributed by atoms with Gasteiger partial charge in [-0.1, -0.05) is 35.0 Å². The van der Waals surface area contributed by atoms with Crippen LogP contribution in [0, 0.1) is 33.1 Å². The van der Waals surface area contributed by atoms with Gasteiger partial charge in [-0.25, -0.2) is 0 Å². The number of rotatable bonds is 4. The molecule has 0 saturated heterocycles. The van der Waals surface area contributed by atoms with E-state index in [1.54, 1.807) is 7.11 Å². The minimum Gasteiger partial charge on any atom is -0.496 e. The van der Waals surface area contributed by atoms with Gasteiger partial charge in [0.05, 0.1) is 30.3 Å². The van der Waals surface area contributed by atoms with Crippen LogP contribution < -0.4 is 9.54 Å². The maximum absolute atomic E-state index is 12.6. The lowest BCUT2D eigenvalue weighted by atomic mass is 10.1. The summed E-state index contributed by atoms with van der Waals surface area (Å²) in [6, 6.07) is 10.0. The number of aromatic nitrogens is 1. The van der Waals surface area contributed by atoms with Crippen LogP contribution in [0.3, 0.4) is 0 Å². The molecule has 0 aliphatic rings. The van der Waals surface area contributed by atoms with Crippen molar-refractivity contribution in [2.75, 3.05) is 7.11 Å². The number of benzene rings is 2. The molecular formula is C22H22N2O2S. The lowest BCUT2D eigenvalue weighted by molar-refractivity contribution is -0.117. The monoisotopic (exact) mass is 378 g/mol. The van der Waals surface area contributed by atoms with Crippen molar-refractivity contribution in [1.82, 2.24) is 4.57 Å². The van der Waals surface area contributed by atoms with Crippen LogP contribution in [0.1, 0.15) is 22.3 Å². The van der Waals surface area contributed by atoms with Crippen molar-refractivity contribution < 1.29 is 9.53 Å². The summed E-state index contributed by atoms with van der Waals surface area (Å²) in [4.78, 5) is 17.6. The number of aryl methyl sites for hydroxylation is 3. The molecule has 0 atom stereocenters. The second-order valence-electron chi connectivity index (χ2n) is 6.58. The number of nitrogens with zero attached hydrogens (tertiary/aromatic N) is 2. The Morgan fingerprint density at radius 2 is 1.96 bits per heavy atom. The standard InChI is InChI=1S/C22H22N2O2S/c1-6-9-24-18-11-15(3)16(4)12-20(18)27-22(24)23-21(25)13-17-10-14(2)7-8-19(17)26-5/h1,7-8,10-12H,9,13H2,2-5H3. The van der Waals surface area contributed by atoms with Crippen LogP contribution in [0.4, 0.5) is 0 Å². The van der Waals surface area contributed by atoms with Crippen LogP contribution in [0.25, 0.3) is 10.2 Å². The van der Waals surface area contributed by atoms with E-state index in [-0.39, 0.29) is 12.3 Å². The molecule has 1 heterocycles. The average Bonchev–Trinajstić information content (AvgIpc) is 2.92. The molecule has 4 nitrogen and oxygen atoms in total. The van der Waals surface area contributed by atoms with E-state index < -0.39 is 0 Å². The van der Waals surface area contributed by atoms with Gasteiger partial charge < -0.3 is 9.30 Å². The number of terminal acetylenes is 1. The highest BCUT2D eigenvalue weighted by Crippen LogP contribution is 2.23. The number of methoxy groups -OCH3 is 1. The van der Waals surface area contributed by atoms with Crippen LogP contribution >= 0.6 is 11.3 Å². The Morgan fingerprint density at radius 3 is 2.67 bits per heavy atom. The molecule has 0 unspecified atom stereocenters. The van der Waals surface area contributed by atoms with Gasteiger partial charge in [-0.15, -0.1) is 6.42 Å². The second kappa shape index (κ2) is 7.81. The van der Waals surface area contributed by atoms with Crippen molar-refractivity contribution in [3.63, 3.8) is 0 Å². The van der Waals surface area contributed by atoms with Crippen molar-refractivity contribution in [2.24, 2.45) is 4.99 Å². The summed E-state index contributed by atoms with van der Waals surface area (Å²) in [6.45, 7) is 6.51. The molecular weight excluding hydrogens is 356 g/mol. The van der Waals surface area contributed by atoms with Gasteiger partial charge in [0.2, 0.25) is 0 Å². The second-order valence-corrected chi connectivity index (χ2v) is 7.59. The number of thiazole rings is 1. The smallest absolute Gasteiger partial charge is 0.252 e. The van der Waals surface area contributed by atoms with Crippen LogP contribution in [-0.4, -0.2) is 17.6 Å². The molecule has 0 aliphatic carbocycles. The molecule has 0 radical (unpaired) electrons. The zero-order valence-electron chi connectivity index (χ0n) is 16.0. The number of amides is 1. The highest BCUT2D eigenvalue weighted by atomic mass is 32.1. The van der Waals surface area contributed by atoms with Gasteiger partial charge in [-0.05, 0) is 50.1 Å². The van der Waals surface area contributed by atoms with Crippen molar-refractivity contribution in [1.29, 1.82) is 0 Å². The molecule has 2 aromatic carbocycles. The van der Waals surface area contributed by atoms with Crippen LogP contribution in [-0.2, 0) is 17.8 Å². The number of hydrogen-bond donors (Lipinski definition) is 0. The van der Waals surface area contributed by atoms with E-state index in [1.165, 1.54) is 22.5 Å². The zero-order chi connectivity index (χ0) is 19.6. The summed E-state index contributed by atoms with van der Waals surface area (Å²) in [5.41, 5.74) is 5.32. The van der Waals surface area contributed by atoms with E-state index in [0.29, 0.717) is 17.1 Å². The maximum Gasteiger partial charge on any atom is 0.252 e. The minimum absolute atomic E-state index is 0.188. The van der Waals surface area contributed by atoms with Gasteiger partial charge in [-0.2, -0.15) is 4.99 Å². The van der Waals surface area contributed by atoms with Gasteiger partial charge in [0, 0.05) is 5.56 Å². The predicted molar refractivity (Wildman–Crippen MR) is 110 cm³/mol. The minimum atomic E-state index is -0.218. The fourth-order valence-corrected chi connectivity index (χ4v) is 4.13. The number of fused-ring (bicyclic) bond motifs is 1. The summed E-state index contributed by atoms with van der Waals surface area (Å²) in [7, 11) is 1.60. The molecule has 1 aromatic heterocycles. The van der Waals surface area contributed by atoms with Crippen LogP contribution in [0.5, 0.6) is 5.75 Å². The summed E-state index contributed by atoms with van der Waals surface area (Å²) in [5, 5.41) is 0. The number of hydrogen-bond acceptors (Lipinski definition) is 3. The van der Waals surface area contributed by atoms with Gasteiger partial charge in [0.15, 0.2) is 4.80 Å². The van der Waals surface area contributed by atoms with Crippen molar-refractivity contribution >= 4 is 27.5 Å². The van der Waals surface area contributed by atoms with E-state index in [4.69, 9.17) is 11.2 Å². The fraction of sp³-hybridized carbons (Fsp3) is 0.273. The average molecular weight is 378 g/mol. The summed E-state index contributed by atoms with van der Waals surface area (Å²) >= 11 is 1.49. The Balaban J connectivity index is 2.05. The van der Waals surface area contributed by atoms with E-state index in [1.807, 2.05) is 29.7 Å². The molecule has 0 bridgehead atoms. The quantitative estimate of drug-likeness (QED) is 0.646. The van der Waals surface area contributed by atoms with Gasteiger partial charge in [-0.3, -0.25) is 4.79 Å². The largest absolute Gasteiger partial charge is 0.496 e. The molecule has 138 valence electrons. The first-order valence-corrected chi connectivity index (χ1v) is 9.49. The van der Waals surface area contributed by atoms with Crippen molar-refractivity contribution in [3.8, 4) is 18.1 Å². The molecule has 0 fully saturated rings. The molecule has 3 aromatic rings. The zero-order valence-corrected chi connectivity index (χ0v) is 16.8. The normalized spacial score (nSPS) is 11.6. The number of ether oxygens (including phenoxy) is 1. The predicted octanol–water partition coefficient (Wildman–Crippen LogP) is 3.94. The highest BCUT2D eigenvalue weighted by molar-refractivity contribution is 7.16. The topological polar surface area (TPSA) is 43.6 Å². The first-order chi connectivity index (χ1) is 12.9. The molecule has 5 heteroatoms. The number of carbonyl (C=O) groups excluding carboxylic acids is 1. The Morgan fingerprint density at radius 1 is 1.22 bits per heavy atom. The van der Waals surface area contributed by atoms with Gasteiger partial charge >= 0.3 is 0 Å². The van der Waals surface area contributed by atoms with E-state index in [2.05, 4.69) is 36.9 Å². The fourth-order valence-electron chi connectivity index (χ4n) is 3.01. The lowest BCUT2D eigenvalue weighted by Gasteiger charge is -2.07. The Labute approximate surface area is 163 Å². The van der Waals surface area contributed by atoms with Gasteiger partial charge in [0.25, 0.3) is 5.91 Å². The van der Waals surface area contributed by atoms with E-state index in [0.717, 1.165) is 21.3 Å². The molecule has 1 amide bonds. The number of carbonyl (C=O) groups is 1. The third-order valence-corrected chi connectivity index (χ3v) is 5.59. The van der Waals surface area contributed by atoms with Gasteiger partial charge in [0.1, 0.15) is 5.75 Å². The lowest BCUT2D eigenvalue weighted by Crippen LogP contribution is -2.17. The molecule has 0 N–H and O–H groups in total. The molecule has 3 rings (SSSR count).